The second-order valence-electron chi connectivity index (χ2n) is 8.44. The highest BCUT2D eigenvalue weighted by molar-refractivity contribution is 5.91. The molecule has 9 heteroatoms. The van der Waals surface area contributed by atoms with Gasteiger partial charge < -0.3 is 31.7 Å². The molecule has 0 fully saturated rings. The summed E-state index contributed by atoms with van der Waals surface area (Å²) in [5.41, 5.74) is 7.39. The van der Waals surface area contributed by atoms with Crippen LogP contribution in [0.2, 0.25) is 0 Å². The van der Waals surface area contributed by atoms with Crippen molar-refractivity contribution < 1.29 is 29.7 Å². The third kappa shape index (κ3) is 8.46. The summed E-state index contributed by atoms with van der Waals surface area (Å²) < 4.78 is 0. The predicted molar refractivity (Wildman–Crippen MR) is 123 cm³/mol. The molecule has 0 aliphatic carbocycles. The Balaban J connectivity index is 2.05. The summed E-state index contributed by atoms with van der Waals surface area (Å²) in [4.78, 5) is 37.3. The van der Waals surface area contributed by atoms with Crippen molar-refractivity contribution in [3.8, 4) is 11.5 Å². The van der Waals surface area contributed by atoms with Gasteiger partial charge in [0.25, 0.3) is 0 Å². The van der Waals surface area contributed by atoms with E-state index in [1.807, 2.05) is 13.8 Å². The van der Waals surface area contributed by atoms with Crippen LogP contribution in [0.4, 0.5) is 0 Å². The molecule has 2 amide bonds. The highest BCUT2D eigenvalue weighted by Crippen LogP contribution is 2.13. The van der Waals surface area contributed by atoms with Gasteiger partial charge in [0.1, 0.15) is 23.6 Å². The van der Waals surface area contributed by atoms with E-state index in [1.54, 1.807) is 24.3 Å². The summed E-state index contributed by atoms with van der Waals surface area (Å²) in [5.74, 6) is -2.15. The fourth-order valence-electron chi connectivity index (χ4n) is 3.30. The standard InChI is InChI=1S/C24H31N3O6/c1-14(2)11-20(26-22(30)19(25)12-15-3-7-17(28)8-4-15)23(31)27-21(24(32)33)13-16-5-9-18(29)10-6-16/h3-10,14,19-21,28-29H,11-13,25H2,1-2H3,(H,26,30)(H,27,31)(H,32,33)/t19-,20+,21-/m0/s1. The number of rotatable bonds is 11. The van der Waals surface area contributed by atoms with Gasteiger partial charge >= 0.3 is 5.97 Å². The highest BCUT2D eigenvalue weighted by Gasteiger charge is 2.28. The van der Waals surface area contributed by atoms with Crippen molar-refractivity contribution in [2.45, 2.75) is 51.2 Å². The first-order valence-corrected chi connectivity index (χ1v) is 10.7. The van der Waals surface area contributed by atoms with Crippen molar-refractivity contribution in [1.29, 1.82) is 0 Å². The van der Waals surface area contributed by atoms with E-state index in [-0.39, 0.29) is 30.3 Å². The van der Waals surface area contributed by atoms with Gasteiger partial charge in [-0.3, -0.25) is 9.59 Å². The minimum atomic E-state index is -1.21. The number of phenolic OH excluding ortho intramolecular Hbond substituents is 2. The zero-order chi connectivity index (χ0) is 24.5. The van der Waals surface area contributed by atoms with Crippen LogP contribution >= 0.6 is 0 Å². The highest BCUT2D eigenvalue weighted by atomic mass is 16.4. The Kier molecular flexibility index (Phi) is 9.23. The summed E-state index contributed by atoms with van der Waals surface area (Å²) in [6, 6.07) is 9.24. The van der Waals surface area contributed by atoms with Crippen LogP contribution in [0, 0.1) is 5.92 Å². The molecule has 0 unspecified atom stereocenters. The molecule has 7 N–H and O–H groups in total. The van der Waals surface area contributed by atoms with Crippen LogP contribution in [0.25, 0.3) is 0 Å². The number of aliphatic carboxylic acids is 1. The number of benzene rings is 2. The molecule has 0 aliphatic heterocycles. The van der Waals surface area contributed by atoms with Gasteiger partial charge in [0.2, 0.25) is 11.8 Å². The number of aromatic hydroxyl groups is 2. The first-order chi connectivity index (χ1) is 15.5. The Labute approximate surface area is 192 Å². The molecule has 178 valence electrons. The third-order valence-electron chi connectivity index (χ3n) is 5.06. The molecule has 0 heterocycles. The molecule has 9 nitrogen and oxygen atoms in total. The van der Waals surface area contributed by atoms with Gasteiger partial charge in [-0.05, 0) is 54.2 Å². The van der Waals surface area contributed by atoms with E-state index in [2.05, 4.69) is 10.6 Å². The van der Waals surface area contributed by atoms with E-state index < -0.39 is 35.9 Å². The van der Waals surface area contributed by atoms with Gasteiger partial charge in [-0.1, -0.05) is 38.1 Å². The quantitative estimate of drug-likeness (QED) is 0.296. The van der Waals surface area contributed by atoms with Gasteiger partial charge in [-0.2, -0.15) is 0 Å². The van der Waals surface area contributed by atoms with Crippen molar-refractivity contribution >= 4 is 17.8 Å². The number of nitrogens with one attached hydrogen (secondary N) is 2. The Bertz CT molecular complexity index is 944. The number of phenols is 2. The maximum absolute atomic E-state index is 12.9. The minimum Gasteiger partial charge on any atom is -0.508 e. The molecular weight excluding hydrogens is 426 g/mol. The molecule has 0 aromatic heterocycles. The molecule has 33 heavy (non-hydrogen) atoms. The minimum absolute atomic E-state index is 0.0179. The largest absolute Gasteiger partial charge is 0.508 e. The van der Waals surface area contributed by atoms with Crippen LogP contribution in [0.15, 0.2) is 48.5 Å². The number of carbonyl (C=O) groups excluding carboxylic acids is 2. The number of hydrogen-bond donors (Lipinski definition) is 6. The van der Waals surface area contributed by atoms with Crippen LogP contribution in [0.5, 0.6) is 11.5 Å². The number of hydrogen-bond acceptors (Lipinski definition) is 6. The molecule has 2 rings (SSSR count). The van der Waals surface area contributed by atoms with E-state index in [1.165, 1.54) is 24.3 Å². The Morgan fingerprint density at radius 3 is 1.70 bits per heavy atom. The second-order valence-corrected chi connectivity index (χ2v) is 8.44. The first-order valence-electron chi connectivity index (χ1n) is 10.7. The average molecular weight is 458 g/mol. The van der Waals surface area contributed by atoms with Crippen LogP contribution in [0.3, 0.4) is 0 Å². The van der Waals surface area contributed by atoms with Gasteiger partial charge in [0.15, 0.2) is 0 Å². The summed E-state index contributed by atoms with van der Waals surface area (Å²) >= 11 is 0. The van der Waals surface area contributed by atoms with Gasteiger partial charge in [0, 0.05) is 6.42 Å². The Morgan fingerprint density at radius 2 is 1.24 bits per heavy atom. The van der Waals surface area contributed by atoms with Crippen molar-refractivity contribution in [3.05, 3.63) is 59.7 Å². The molecule has 2 aromatic rings. The van der Waals surface area contributed by atoms with E-state index >= 15 is 0 Å². The lowest BCUT2D eigenvalue weighted by molar-refractivity contribution is -0.142. The zero-order valence-electron chi connectivity index (χ0n) is 18.7. The SMILES string of the molecule is CC(C)C[C@@H](NC(=O)[C@@H](N)Cc1ccc(O)cc1)C(=O)N[C@@H](Cc1ccc(O)cc1)C(=O)O. The van der Waals surface area contributed by atoms with Crippen molar-refractivity contribution in [1.82, 2.24) is 10.6 Å². The van der Waals surface area contributed by atoms with Gasteiger partial charge in [-0.25, -0.2) is 4.79 Å². The van der Waals surface area contributed by atoms with Crippen molar-refractivity contribution in [2.75, 3.05) is 0 Å². The topological polar surface area (TPSA) is 162 Å². The fraction of sp³-hybridized carbons (Fsp3) is 0.375. The summed E-state index contributed by atoms with van der Waals surface area (Å²) in [6.07, 6.45) is 0.528. The van der Waals surface area contributed by atoms with Crippen molar-refractivity contribution in [2.24, 2.45) is 11.7 Å². The van der Waals surface area contributed by atoms with E-state index in [9.17, 15) is 29.7 Å². The van der Waals surface area contributed by atoms with Crippen LogP contribution < -0.4 is 16.4 Å². The molecule has 0 spiro atoms. The lowest BCUT2D eigenvalue weighted by atomic mass is 10.00. The first kappa shape index (κ1) is 25.7. The van der Waals surface area contributed by atoms with Crippen LogP contribution in [-0.4, -0.2) is 51.2 Å². The van der Waals surface area contributed by atoms with E-state index in [4.69, 9.17) is 5.73 Å². The van der Waals surface area contributed by atoms with Gasteiger partial charge in [0.05, 0.1) is 6.04 Å². The second kappa shape index (κ2) is 11.9. The van der Waals surface area contributed by atoms with E-state index in [0.29, 0.717) is 12.0 Å². The number of nitrogens with two attached hydrogens (primary N) is 1. The summed E-state index contributed by atoms with van der Waals surface area (Å²) in [6.45, 7) is 3.77. The molecule has 0 saturated carbocycles. The molecule has 3 atom stereocenters. The Morgan fingerprint density at radius 1 is 0.788 bits per heavy atom. The summed E-state index contributed by atoms with van der Waals surface area (Å²) in [5, 5.41) is 33.5. The summed E-state index contributed by atoms with van der Waals surface area (Å²) in [7, 11) is 0. The maximum Gasteiger partial charge on any atom is 0.326 e. The zero-order valence-corrected chi connectivity index (χ0v) is 18.7. The smallest absolute Gasteiger partial charge is 0.326 e. The molecule has 0 bridgehead atoms. The Hall–Kier alpha value is -3.59. The number of carboxylic acid groups (broad SMARTS) is 1. The van der Waals surface area contributed by atoms with Crippen LogP contribution in [-0.2, 0) is 27.2 Å². The average Bonchev–Trinajstić information content (AvgIpc) is 2.75. The molecule has 2 aromatic carbocycles. The monoisotopic (exact) mass is 457 g/mol. The molecular formula is C24H31N3O6. The molecule has 0 saturated heterocycles. The van der Waals surface area contributed by atoms with Crippen molar-refractivity contribution in [3.63, 3.8) is 0 Å². The number of carbonyl (C=O) groups is 3. The molecule has 0 aliphatic rings. The predicted octanol–water partition coefficient (Wildman–Crippen LogP) is 1.31. The molecule has 0 radical (unpaired) electrons. The fourth-order valence-corrected chi connectivity index (χ4v) is 3.30. The third-order valence-corrected chi connectivity index (χ3v) is 5.06. The maximum atomic E-state index is 12.9. The lowest BCUT2D eigenvalue weighted by Crippen LogP contribution is -2.55. The van der Waals surface area contributed by atoms with Gasteiger partial charge in [-0.15, -0.1) is 0 Å². The number of amides is 2. The lowest BCUT2D eigenvalue weighted by Gasteiger charge is -2.24. The van der Waals surface area contributed by atoms with Crippen LogP contribution in [0.1, 0.15) is 31.4 Å². The normalized spacial score (nSPS) is 13.7. The van der Waals surface area contributed by atoms with E-state index in [0.717, 1.165) is 5.56 Å². The number of carboxylic acids is 1.